The Morgan fingerprint density at radius 1 is 1.04 bits per heavy atom. The Labute approximate surface area is 270 Å². The number of amides is 1. The number of nitrogens with zero attached hydrogens (tertiary/aromatic N) is 3. The van der Waals surface area contributed by atoms with Crippen LogP contribution in [0.15, 0.2) is 18.3 Å². The van der Waals surface area contributed by atoms with Gasteiger partial charge in [0.15, 0.2) is 11.5 Å². The van der Waals surface area contributed by atoms with Crippen molar-refractivity contribution in [2.24, 2.45) is 16.7 Å². The van der Waals surface area contributed by atoms with Crippen molar-refractivity contribution in [1.29, 1.82) is 0 Å². The number of aliphatic carboxylic acids is 1. The average Bonchev–Trinajstić information content (AvgIpc) is 3.42. The number of carbonyl (C=O) groups is 3. The number of ketones is 1. The number of hydrogen-bond acceptors (Lipinski definition) is 5. The highest BCUT2D eigenvalue weighted by atomic mass is 35.5. The third-order valence-electron chi connectivity index (χ3n) is 10.4. The Bertz CT molecular complexity index is 1430. The van der Waals surface area contributed by atoms with E-state index >= 15 is 0 Å². The fraction of sp³-hybridized carbons (Fsp3) is 0.625. The molecule has 0 saturated heterocycles. The van der Waals surface area contributed by atoms with Crippen LogP contribution in [-0.4, -0.2) is 57.6 Å². The van der Waals surface area contributed by atoms with E-state index in [0.29, 0.717) is 11.2 Å². The summed E-state index contributed by atoms with van der Waals surface area (Å²) in [4.78, 5) is 40.5. The van der Waals surface area contributed by atoms with E-state index in [1.807, 2.05) is 0 Å². The SMILES string of the molecule is COc1cc(Cl)c(C(=O)CN(CC2CCC3(CCC3)CC2)C(=O)c2cnn(C3CCC(C)(C(=O)O)CC3)c2C(F)(F)F)c(Cl)c1. The van der Waals surface area contributed by atoms with E-state index in [1.54, 1.807) is 6.92 Å². The number of Topliss-reactive ketones (excluding diaryl/α,β-unsaturated/α-hetero) is 1. The lowest BCUT2D eigenvalue weighted by Gasteiger charge is -2.47. The first kappa shape index (κ1) is 33.6. The summed E-state index contributed by atoms with van der Waals surface area (Å²) in [6.07, 6.45) is 3.87. The number of aromatic nitrogens is 2. The summed E-state index contributed by atoms with van der Waals surface area (Å²) in [5.41, 5.74) is -2.55. The van der Waals surface area contributed by atoms with E-state index in [0.717, 1.165) is 36.6 Å². The Morgan fingerprint density at radius 2 is 1.64 bits per heavy atom. The maximum Gasteiger partial charge on any atom is 0.433 e. The van der Waals surface area contributed by atoms with Gasteiger partial charge in [-0.15, -0.1) is 0 Å². The van der Waals surface area contributed by atoms with Gasteiger partial charge in [0.25, 0.3) is 5.91 Å². The lowest BCUT2D eigenvalue weighted by Crippen LogP contribution is -2.42. The zero-order chi connectivity index (χ0) is 32.7. The van der Waals surface area contributed by atoms with Crippen LogP contribution in [0.4, 0.5) is 13.2 Å². The molecule has 3 fully saturated rings. The van der Waals surface area contributed by atoms with Crippen molar-refractivity contribution in [3.63, 3.8) is 0 Å². The molecule has 0 aliphatic heterocycles. The van der Waals surface area contributed by atoms with Gasteiger partial charge < -0.3 is 14.7 Å². The van der Waals surface area contributed by atoms with E-state index in [2.05, 4.69) is 5.10 Å². The third-order valence-corrected chi connectivity index (χ3v) is 11.0. The zero-order valence-corrected chi connectivity index (χ0v) is 26.9. The Kier molecular flexibility index (Phi) is 9.53. The van der Waals surface area contributed by atoms with Crippen molar-refractivity contribution < 1.29 is 37.4 Å². The molecule has 1 spiro atoms. The van der Waals surface area contributed by atoms with Gasteiger partial charge in [0.05, 0.1) is 52.5 Å². The zero-order valence-electron chi connectivity index (χ0n) is 25.4. The number of alkyl halides is 3. The van der Waals surface area contributed by atoms with Gasteiger partial charge in [-0.2, -0.15) is 18.3 Å². The van der Waals surface area contributed by atoms with Gasteiger partial charge in [-0.05, 0) is 94.6 Å². The molecule has 0 radical (unpaired) electrons. The minimum atomic E-state index is -4.92. The third kappa shape index (κ3) is 6.84. The summed E-state index contributed by atoms with van der Waals surface area (Å²) < 4.78 is 49.9. The summed E-state index contributed by atoms with van der Waals surface area (Å²) in [6.45, 7) is 1.17. The molecule has 1 heterocycles. The molecule has 1 N–H and O–H groups in total. The van der Waals surface area contributed by atoms with Crippen molar-refractivity contribution in [2.45, 2.75) is 89.8 Å². The van der Waals surface area contributed by atoms with Crippen LogP contribution in [-0.2, 0) is 11.0 Å². The van der Waals surface area contributed by atoms with Crippen LogP contribution in [0.1, 0.15) is 110 Å². The molecule has 3 aliphatic carbocycles. The van der Waals surface area contributed by atoms with Crippen molar-refractivity contribution in [3.8, 4) is 5.75 Å². The Balaban J connectivity index is 1.44. The molecule has 3 saturated carbocycles. The van der Waals surface area contributed by atoms with Crippen LogP contribution in [0.25, 0.3) is 0 Å². The standard InChI is InChI=1S/C32H38Cl2F3N3O5/c1-30(29(43)44)10-6-20(7-11-30)40-27(32(35,36)37)22(16-38-40)28(42)39(17-19-4-12-31(13-5-19)8-3-9-31)18-25(41)26-23(33)14-21(45-2)15-24(26)34/h14-16,19-20H,3-13,17-18H2,1-2H3,(H,43,44). The normalized spacial score (nSPS) is 23.4. The fourth-order valence-corrected chi connectivity index (χ4v) is 7.99. The molecule has 246 valence electrons. The van der Waals surface area contributed by atoms with Crippen molar-refractivity contribution in [2.75, 3.05) is 20.2 Å². The molecule has 1 aromatic heterocycles. The van der Waals surface area contributed by atoms with E-state index in [1.165, 1.54) is 43.4 Å². The lowest BCUT2D eigenvalue weighted by atomic mass is 9.59. The molecule has 45 heavy (non-hydrogen) atoms. The molecular weight excluding hydrogens is 634 g/mol. The first-order valence-corrected chi connectivity index (χ1v) is 16.2. The van der Waals surface area contributed by atoms with Gasteiger partial charge in [0.2, 0.25) is 0 Å². The number of carboxylic acids is 1. The number of methoxy groups -OCH3 is 1. The highest BCUT2D eigenvalue weighted by Crippen LogP contribution is 2.53. The molecule has 0 bridgehead atoms. The van der Waals surface area contributed by atoms with Gasteiger partial charge in [0.1, 0.15) is 5.75 Å². The second kappa shape index (κ2) is 12.8. The molecule has 8 nitrogen and oxygen atoms in total. The summed E-state index contributed by atoms with van der Waals surface area (Å²) in [7, 11) is 1.41. The molecule has 13 heteroatoms. The first-order valence-electron chi connectivity index (χ1n) is 15.4. The van der Waals surface area contributed by atoms with E-state index in [-0.39, 0.29) is 53.8 Å². The molecule has 0 atom stereocenters. The Hall–Kier alpha value is -2.79. The lowest BCUT2D eigenvalue weighted by molar-refractivity contribution is -0.152. The first-order chi connectivity index (χ1) is 21.2. The maximum atomic E-state index is 14.7. The van der Waals surface area contributed by atoms with Gasteiger partial charge in [0, 0.05) is 6.54 Å². The second-order valence-corrected chi connectivity index (χ2v) is 14.1. The number of halogens is 5. The molecule has 3 aliphatic rings. The highest BCUT2D eigenvalue weighted by Gasteiger charge is 2.46. The minimum absolute atomic E-state index is 0.0100. The second-order valence-electron chi connectivity index (χ2n) is 13.3. The van der Waals surface area contributed by atoms with Gasteiger partial charge in [-0.25, -0.2) is 0 Å². The number of benzene rings is 1. The van der Waals surface area contributed by atoms with Crippen LogP contribution in [0.3, 0.4) is 0 Å². The molecule has 1 amide bonds. The topological polar surface area (TPSA) is 102 Å². The van der Waals surface area contributed by atoms with Crippen molar-refractivity contribution in [1.82, 2.24) is 14.7 Å². The number of ether oxygens (including phenoxy) is 1. The van der Waals surface area contributed by atoms with Crippen molar-refractivity contribution >= 4 is 40.9 Å². The molecule has 0 unspecified atom stereocenters. The van der Waals surface area contributed by atoms with Crippen LogP contribution in [0.2, 0.25) is 10.0 Å². The fourth-order valence-electron chi connectivity index (χ4n) is 7.31. The minimum Gasteiger partial charge on any atom is -0.497 e. The van der Waals surface area contributed by atoms with Crippen LogP contribution >= 0.6 is 23.2 Å². The van der Waals surface area contributed by atoms with Crippen molar-refractivity contribution in [3.05, 3.63) is 45.2 Å². The summed E-state index contributed by atoms with van der Waals surface area (Å²) in [6, 6.07) is 2.11. The number of hydrogen-bond donors (Lipinski definition) is 1. The molecular formula is C32H38Cl2F3N3O5. The molecule has 2 aromatic rings. The summed E-state index contributed by atoms with van der Waals surface area (Å²) >= 11 is 12.7. The predicted molar refractivity (Wildman–Crippen MR) is 162 cm³/mol. The molecule has 5 rings (SSSR count). The quantitative estimate of drug-likeness (QED) is 0.270. The summed E-state index contributed by atoms with van der Waals surface area (Å²) in [5.74, 6) is -2.19. The number of rotatable bonds is 9. The van der Waals surface area contributed by atoms with E-state index in [4.69, 9.17) is 27.9 Å². The van der Waals surface area contributed by atoms with Crippen LogP contribution < -0.4 is 4.74 Å². The monoisotopic (exact) mass is 671 g/mol. The van der Waals surface area contributed by atoms with Gasteiger partial charge in [-0.3, -0.25) is 19.1 Å². The highest BCUT2D eigenvalue weighted by molar-refractivity contribution is 6.40. The van der Waals surface area contributed by atoms with Gasteiger partial charge in [-0.1, -0.05) is 29.6 Å². The smallest absolute Gasteiger partial charge is 0.433 e. The van der Waals surface area contributed by atoms with Crippen LogP contribution in [0, 0.1) is 16.7 Å². The maximum absolute atomic E-state index is 14.7. The number of carbonyl (C=O) groups excluding carboxylic acids is 2. The predicted octanol–water partition coefficient (Wildman–Crippen LogP) is 8.11. The average molecular weight is 673 g/mol. The number of carboxylic acid groups (broad SMARTS) is 1. The Morgan fingerprint density at radius 3 is 2.13 bits per heavy atom. The van der Waals surface area contributed by atoms with E-state index < -0.39 is 53.1 Å². The summed E-state index contributed by atoms with van der Waals surface area (Å²) in [5, 5.41) is 13.6. The molecule has 1 aromatic carbocycles. The largest absolute Gasteiger partial charge is 0.497 e. The van der Waals surface area contributed by atoms with Gasteiger partial charge >= 0.3 is 12.1 Å². The van der Waals surface area contributed by atoms with E-state index in [9.17, 15) is 32.7 Å². The van der Waals surface area contributed by atoms with Crippen LogP contribution in [0.5, 0.6) is 5.75 Å².